The molecular formula is C22H22F3N7O3S. The molecule has 1 saturated heterocycles. The van der Waals surface area contributed by atoms with Gasteiger partial charge in [-0.3, -0.25) is 9.78 Å². The van der Waals surface area contributed by atoms with Gasteiger partial charge in [-0.25, -0.2) is 18.4 Å². The van der Waals surface area contributed by atoms with Crippen LogP contribution >= 0.6 is 0 Å². The number of halogens is 3. The maximum atomic E-state index is 14.0. The van der Waals surface area contributed by atoms with E-state index >= 15 is 0 Å². The lowest BCUT2D eigenvalue weighted by molar-refractivity contribution is -0.137. The number of aromatic nitrogens is 3. The molecule has 0 saturated carbocycles. The van der Waals surface area contributed by atoms with Gasteiger partial charge in [0.2, 0.25) is 10.0 Å². The summed E-state index contributed by atoms with van der Waals surface area (Å²) in [6.45, 7) is 1.07. The molecule has 2 aromatic heterocycles. The third-order valence-electron chi connectivity index (χ3n) is 5.60. The van der Waals surface area contributed by atoms with E-state index in [4.69, 9.17) is 5.73 Å². The zero-order chi connectivity index (χ0) is 26.1. The predicted octanol–water partition coefficient (Wildman–Crippen LogP) is 2.33. The Labute approximate surface area is 205 Å². The van der Waals surface area contributed by atoms with Crippen LogP contribution < -0.4 is 11.1 Å². The number of nitrogens with zero attached hydrogens (tertiary/aromatic N) is 5. The fourth-order valence-electron chi connectivity index (χ4n) is 3.73. The number of sulfonamides is 1. The van der Waals surface area contributed by atoms with Gasteiger partial charge in [0.15, 0.2) is 11.5 Å². The molecule has 1 amide bonds. The summed E-state index contributed by atoms with van der Waals surface area (Å²) >= 11 is 0. The summed E-state index contributed by atoms with van der Waals surface area (Å²) in [5.74, 6) is -1.18. The molecule has 36 heavy (non-hydrogen) atoms. The number of carbonyl (C=O) groups is 1. The molecular weight excluding hydrogens is 499 g/mol. The van der Waals surface area contributed by atoms with Gasteiger partial charge >= 0.3 is 6.18 Å². The Morgan fingerprint density at radius 1 is 1.08 bits per heavy atom. The van der Waals surface area contributed by atoms with E-state index in [0.29, 0.717) is 18.8 Å². The highest BCUT2D eigenvalue weighted by molar-refractivity contribution is 7.89. The molecule has 1 aliphatic rings. The number of nitrogens with two attached hydrogens (primary N) is 1. The molecule has 0 aliphatic carbocycles. The standard InChI is InChI=1S/C22H22F3N7O3S/c1-31-8-10-32(11-9-31)36(34,35)17-6-2-5-15(22(23,24)25)18(17)16-13-28-20(26)19(30-16)21(33)29-14-4-3-7-27-12-14/h2-7,12-13H,8-11H2,1H3,(H2,26,28)(H,29,33). The second-order valence-electron chi connectivity index (χ2n) is 8.07. The maximum Gasteiger partial charge on any atom is 0.417 e. The van der Waals surface area contributed by atoms with Crippen molar-refractivity contribution in [3.63, 3.8) is 0 Å². The number of piperazine rings is 1. The van der Waals surface area contributed by atoms with Gasteiger partial charge in [0, 0.05) is 37.9 Å². The quantitative estimate of drug-likeness (QED) is 0.523. The van der Waals surface area contributed by atoms with Gasteiger partial charge in [-0.1, -0.05) is 6.07 Å². The maximum absolute atomic E-state index is 14.0. The van der Waals surface area contributed by atoms with Crippen LogP contribution in [-0.4, -0.2) is 71.7 Å². The number of amides is 1. The molecule has 10 nitrogen and oxygen atoms in total. The van der Waals surface area contributed by atoms with Gasteiger partial charge in [-0.05, 0) is 31.3 Å². The number of rotatable bonds is 5. The van der Waals surface area contributed by atoms with E-state index in [1.807, 2.05) is 11.9 Å². The van der Waals surface area contributed by atoms with Gasteiger partial charge in [0.1, 0.15) is 0 Å². The van der Waals surface area contributed by atoms with E-state index in [-0.39, 0.29) is 18.9 Å². The number of nitrogen functional groups attached to an aromatic ring is 1. The number of nitrogens with one attached hydrogen (secondary N) is 1. The van der Waals surface area contributed by atoms with Crippen LogP contribution in [0.15, 0.2) is 53.8 Å². The van der Waals surface area contributed by atoms with Gasteiger partial charge in [0.25, 0.3) is 5.91 Å². The largest absolute Gasteiger partial charge is 0.417 e. The number of anilines is 2. The molecule has 0 bridgehead atoms. The van der Waals surface area contributed by atoms with Crippen molar-refractivity contribution in [3.05, 3.63) is 60.2 Å². The minimum Gasteiger partial charge on any atom is -0.382 e. The van der Waals surface area contributed by atoms with Crippen molar-refractivity contribution in [3.8, 4) is 11.3 Å². The first kappa shape index (κ1) is 25.5. The summed E-state index contributed by atoms with van der Waals surface area (Å²) in [5.41, 5.74) is 3.24. The summed E-state index contributed by atoms with van der Waals surface area (Å²) in [6.07, 6.45) is -1.15. The monoisotopic (exact) mass is 521 g/mol. The molecule has 0 unspecified atom stereocenters. The number of alkyl halides is 3. The van der Waals surface area contributed by atoms with Crippen LogP contribution in [-0.2, 0) is 16.2 Å². The number of pyridine rings is 1. The van der Waals surface area contributed by atoms with E-state index < -0.39 is 49.5 Å². The molecule has 3 aromatic rings. The molecule has 4 rings (SSSR count). The minimum absolute atomic E-state index is 0.112. The number of carbonyl (C=O) groups excluding carboxylic acids is 1. The fraction of sp³-hybridized carbons (Fsp3) is 0.273. The van der Waals surface area contributed by atoms with Gasteiger partial charge in [-0.15, -0.1) is 0 Å². The number of hydrogen-bond acceptors (Lipinski definition) is 8. The van der Waals surface area contributed by atoms with Crippen LogP contribution in [0.3, 0.4) is 0 Å². The zero-order valence-electron chi connectivity index (χ0n) is 19.0. The van der Waals surface area contributed by atoms with Crippen molar-refractivity contribution in [2.45, 2.75) is 11.1 Å². The van der Waals surface area contributed by atoms with Crippen molar-refractivity contribution in [2.24, 2.45) is 0 Å². The lowest BCUT2D eigenvalue weighted by Gasteiger charge is -2.32. The van der Waals surface area contributed by atoms with E-state index in [9.17, 15) is 26.4 Å². The summed E-state index contributed by atoms with van der Waals surface area (Å²) in [5, 5.41) is 2.49. The summed E-state index contributed by atoms with van der Waals surface area (Å²) < 4.78 is 70.2. The van der Waals surface area contributed by atoms with Crippen molar-refractivity contribution in [1.82, 2.24) is 24.2 Å². The Balaban J connectivity index is 1.84. The summed E-state index contributed by atoms with van der Waals surface area (Å²) in [7, 11) is -2.52. The minimum atomic E-state index is -4.91. The van der Waals surface area contributed by atoms with Crippen LogP contribution in [0.5, 0.6) is 0 Å². The normalized spacial score (nSPS) is 15.6. The molecule has 1 aromatic carbocycles. The van der Waals surface area contributed by atoms with Crippen LogP contribution in [0, 0.1) is 0 Å². The fourth-order valence-corrected chi connectivity index (χ4v) is 5.37. The van der Waals surface area contributed by atoms with Crippen molar-refractivity contribution in [2.75, 3.05) is 44.3 Å². The second-order valence-corrected chi connectivity index (χ2v) is 9.98. The van der Waals surface area contributed by atoms with Gasteiger partial charge < -0.3 is 16.0 Å². The number of likely N-dealkylation sites (N-methyl/N-ethyl adjacent to an activating group) is 1. The Morgan fingerprint density at radius 3 is 2.44 bits per heavy atom. The Morgan fingerprint density at radius 2 is 1.81 bits per heavy atom. The molecule has 0 radical (unpaired) electrons. The molecule has 0 spiro atoms. The Kier molecular flexibility index (Phi) is 6.93. The van der Waals surface area contributed by atoms with Crippen molar-refractivity contribution in [1.29, 1.82) is 0 Å². The lowest BCUT2D eigenvalue weighted by Crippen LogP contribution is -2.47. The Bertz CT molecular complexity index is 1380. The second kappa shape index (κ2) is 9.79. The topological polar surface area (TPSA) is 134 Å². The highest BCUT2D eigenvalue weighted by atomic mass is 32.2. The molecule has 14 heteroatoms. The number of benzene rings is 1. The number of hydrogen-bond donors (Lipinski definition) is 2. The van der Waals surface area contributed by atoms with Crippen LogP contribution in [0.2, 0.25) is 0 Å². The van der Waals surface area contributed by atoms with E-state index in [1.54, 1.807) is 6.07 Å². The first-order valence-electron chi connectivity index (χ1n) is 10.7. The van der Waals surface area contributed by atoms with Crippen LogP contribution in [0.4, 0.5) is 24.7 Å². The molecule has 1 fully saturated rings. The molecule has 1 aliphatic heterocycles. The Hall–Kier alpha value is -3.62. The van der Waals surface area contributed by atoms with Crippen LogP contribution in [0.25, 0.3) is 11.3 Å². The average Bonchev–Trinajstić information content (AvgIpc) is 2.84. The summed E-state index contributed by atoms with van der Waals surface area (Å²) in [6, 6.07) is 5.97. The van der Waals surface area contributed by atoms with Crippen molar-refractivity contribution < 1.29 is 26.4 Å². The molecule has 190 valence electrons. The predicted molar refractivity (Wildman–Crippen MR) is 125 cm³/mol. The molecule has 0 atom stereocenters. The highest BCUT2D eigenvalue weighted by Crippen LogP contribution is 2.41. The zero-order valence-corrected chi connectivity index (χ0v) is 19.8. The van der Waals surface area contributed by atoms with Gasteiger partial charge in [-0.2, -0.15) is 17.5 Å². The van der Waals surface area contributed by atoms with Crippen LogP contribution in [0.1, 0.15) is 16.1 Å². The first-order valence-corrected chi connectivity index (χ1v) is 12.2. The third-order valence-corrected chi connectivity index (χ3v) is 7.54. The lowest BCUT2D eigenvalue weighted by atomic mass is 10.0. The van der Waals surface area contributed by atoms with E-state index in [2.05, 4.69) is 20.3 Å². The average molecular weight is 522 g/mol. The molecule has 3 N–H and O–H groups in total. The highest BCUT2D eigenvalue weighted by Gasteiger charge is 2.39. The summed E-state index contributed by atoms with van der Waals surface area (Å²) in [4.78, 5) is 25.9. The first-order chi connectivity index (χ1) is 17.0. The smallest absolute Gasteiger partial charge is 0.382 e. The molecule has 3 heterocycles. The van der Waals surface area contributed by atoms with E-state index in [0.717, 1.165) is 28.7 Å². The van der Waals surface area contributed by atoms with Crippen molar-refractivity contribution >= 4 is 27.4 Å². The van der Waals surface area contributed by atoms with E-state index in [1.165, 1.54) is 18.5 Å². The third kappa shape index (κ3) is 5.15. The SMILES string of the molecule is CN1CCN(S(=O)(=O)c2cccc(C(F)(F)F)c2-c2cnc(N)c(C(=O)Nc3cccnc3)n2)CC1. The van der Waals surface area contributed by atoms with Gasteiger partial charge in [0.05, 0.1) is 34.2 Å².